The SMILES string of the molecule is Cc1cc2c(cc1Cc1ccc(C(=O)N(CCC(c3ccccc3)c3ccccc3)C(C)c3ccccc3)o1)C(C)(C)CCC2(C)C. The second-order valence-electron chi connectivity index (χ2n) is 14.8. The van der Waals surface area contributed by atoms with Crippen LogP contribution in [-0.4, -0.2) is 17.4 Å². The molecule has 1 unspecified atom stereocenters. The summed E-state index contributed by atoms with van der Waals surface area (Å²) in [5.41, 5.74) is 9.42. The van der Waals surface area contributed by atoms with Crippen molar-refractivity contribution in [2.75, 3.05) is 6.54 Å². The van der Waals surface area contributed by atoms with E-state index in [0.717, 1.165) is 17.7 Å². The molecule has 0 aliphatic heterocycles. The zero-order valence-corrected chi connectivity index (χ0v) is 28.9. The van der Waals surface area contributed by atoms with Crippen molar-refractivity contribution in [2.45, 2.75) is 90.0 Å². The minimum absolute atomic E-state index is 0.0717. The molecule has 0 saturated carbocycles. The van der Waals surface area contributed by atoms with Gasteiger partial charge in [-0.25, -0.2) is 0 Å². The molecule has 3 nitrogen and oxygen atoms in total. The fourth-order valence-corrected chi connectivity index (χ4v) is 7.42. The molecule has 1 amide bonds. The lowest BCUT2D eigenvalue weighted by atomic mass is 9.62. The van der Waals surface area contributed by atoms with Crippen LogP contribution in [0.1, 0.15) is 121 Å². The maximum absolute atomic E-state index is 14.4. The minimum atomic E-state index is -0.113. The maximum atomic E-state index is 14.4. The third-order valence-corrected chi connectivity index (χ3v) is 10.6. The maximum Gasteiger partial charge on any atom is 0.290 e. The lowest BCUT2D eigenvalue weighted by Gasteiger charge is -2.42. The van der Waals surface area contributed by atoms with Gasteiger partial charge in [-0.1, -0.05) is 131 Å². The highest BCUT2D eigenvalue weighted by Gasteiger charge is 2.37. The van der Waals surface area contributed by atoms with Gasteiger partial charge >= 0.3 is 0 Å². The van der Waals surface area contributed by atoms with Gasteiger partial charge in [0.25, 0.3) is 5.91 Å². The van der Waals surface area contributed by atoms with Crippen LogP contribution in [0, 0.1) is 6.92 Å². The normalized spacial score (nSPS) is 15.6. The van der Waals surface area contributed by atoms with E-state index in [0.29, 0.717) is 18.7 Å². The van der Waals surface area contributed by atoms with Crippen LogP contribution in [0.3, 0.4) is 0 Å². The molecular weight excluding hydrogens is 574 g/mol. The van der Waals surface area contributed by atoms with Crippen molar-refractivity contribution >= 4 is 5.91 Å². The summed E-state index contributed by atoms with van der Waals surface area (Å²) in [6.45, 7) is 14.4. The van der Waals surface area contributed by atoms with Crippen LogP contribution in [0.15, 0.2) is 120 Å². The number of hydrogen-bond acceptors (Lipinski definition) is 2. The smallest absolute Gasteiger partial charge is 0.290 e. The summed E-state index contributed by atoms with van der Waals surface area (Å²) < 4.78 is 6.39. The molecule has 4 aromatic carbocycles. The molecule has 5 aromatic rings. The lowest BCUT2D eigenvalue weighted by Crippen LogP contribution is -2.35. The number of nitrogens with zero attached hydrogens (tertiary/aromatic N) is 1. The minimum Gasteiger partial charge on any atom is -0.456 e. The van der Waals surface area contributed by atoms with Crippen molar-refractivity contribution in [3.63, 3.8) is 0 Å². The Balaban J connectivity index is 1.28. The summed E-state index contributed by atoms with van der Waals surface area (Å²) in [4.78, 5) is 16.3. The first-order chi connectivity index (χ1) is 22.5. The van der Waals surface area contributed by atoms with Crippen LogP contribution in [0.2, 0.25) is 0 Å². The van der Waals surface area contributed by atoms with Crippen molar-refractivity contribution in [3.8, 4) is 0 Å². The Morgan fingerprint density at radius 1 is 0.723 bits per heavy atom. The number of carbonyl (C=O) groups is 1. The molecule has 47 heavy (non-hydrogen) atoms. The molecule has 1 aliphatic rings. The van der Waals surface area contributed by atoms with Crippen molar-refractivity contribution < 1.29 is 9.21 Å². The lowest BCUT2D eigenvalue weighted by molar-refractivity contribution is 0.0651. The van der Waals surface area contributed by atoms with Gasteiger partial charge in [0.15, 0.2) is 5.76 Å². The van der Waals surface area contributed by atoms with Gasteiger partial charge in [0.1, 0.15) is 5.76 Å². The first-order valence-corrected chi connectivity index (χ1v) is 17.2. The van der Waals surface area contributed by atoms with Crippen LogP contribution in [0.5, 0.6) is 0 Å². The molecule has 0 radical (unpaired) electrons. The number of rotatable bonds is 10. The van der Waals surface area contributed by atoms with Gasteiger partial charge < -0.3 is 9.32 Å². The van der Waals surface area contributed by atoms with Gasteiger partial charge in [-0.2, -0.15) is 0 Å². The Kier molecular flexibility index (Phi) is 9.28. The standard InChI is InChI=1S/C44H49NO2/c1-31-28-39-40(44(5,6)26-25-43(39,3)4)30-36(31)29-37-22-23-41(47-37)42(46)45(32(2)33-16-10-7-11-17-33)27-24-38(34-18-12-8-13-19-34)35-20-14-9-15-21-35/h7-23,28,30,32,38H,24-27,29H2,1-6H3. The Morgan fingerprint density at radius 2 is 1.23 bits per heavy atom. The first-order valence-electron chi connectivity index (χ1n) is 17.2. The first kappa shape index (κ1) is 32.6. The Hall–Kier alpha value is -4.37. The molecule has 1 aliphatic carbocycles. The van der Waals surface area contributed by atoms with Crippen molar-refractivity contribution in [1.82, 2.24) is 4.90 Å². The van der Waals surface area contributed by atoms with Gasteiger partial charge in [-0.05, 0) is 95.0 Å². The van der Waals surface area contributed by atoms with Gasteiger partial charge in [0.05, 0.1) is 6.04 Å². The molecule has 1 atom stereocenters. The molecule has 0 saturated heterocycles. The molecule has 242 valence electrons. The van der Waals surface area contributed by atoms with Crippen LogP contribution >= 0.6 is 0 Å². The highest BCUT2D eigenvalue weighted by atomic mass is 16.4. The molecule has 3 heteroatoms. The molecule has 1 aromatic heterocycles. The third-order valence-electron chi connectivity index (χ3n) is 10.6. The predicted octanol–water partition coefficient (Wildman–Crippen LogP) is 11.0. The van der Waals surface area contributed by atoms with E-state index >= 15 is 0 Å². The van der Waals surface area contributed by atoms with E-state index in [-0.39, 0.29) is 28.7 Å². The number of furan rings is 1. The van der Waals surface area contributed by atoms with Gasteiger partial charge in [-0.15, -0.1) is 0 Å². The highest BCUT2D eigenvalue weighted by molar-refractivity contribution is 5.92. The van der Waals surface area contributed by atoms with E-state index in [1.807, 2.05) is 35.2 Å². The fraction of sp³-hybridized carbons (Fsp3) is 0.341. The summed E-state index contributed by atoms with van der Waals surface area (Å²) in [6.07, 6.45) is 3.84. The van der Waals surface area contributed by atoms with Crippen molar-refractivity contribution in [2.24, 2.45) is 0 Å². The van der Waals surface area contributed by atoms with Crippen molar-refractivity contribution in [3.05, 3.63) is 166 Å². The Morgan fingerprint density at radius 3 is 1.79 bits per heavy atom. The number of amides is 1. The summed E-state index contributed by atoms with van der Waals surface area (Å²) >= 11 is 0. The van der Waals surface area contributed by atoms with Gasteiger partial charge in [0.2, 0.25) is 0 Å². The second-order valence-corrected chi connectivity index (χ2v) is 14.8. The Labute approximate surface area is 281 Å². The van der Waals surface area contributed by atoms with Crippen LogP contribution in [-0.2, 0) is 17.3 Å². The summed E-state index contributed by atoms with van der Waals surface area (Å²) in [5.74, 6) is 1.32. The van der Waals surface area contributed by atoms with Crippen LogP contribution < -0.4 is 0 Å². The molecule has 0 N–H and O–H groups in total. The van der Waals surface area contributed by atoms with E-state index in [4.69, 9.17) is 4.42 Å². The van der Waals surface area contributed by atoms with E-state index in [1.165, 1.54) is 46.2 Å². The fourth-order valence-electron chi connectivity index (χ4n) is 7.42. The van der Waals surface area contributed by atoms with E-state index in [2.05, 4.69) is 126 Å². The molecular formula is C44H49NO2. The zero-order chi connectivity index (χ0) is 33.2. The van der Waals surface area contributed by atoms with Gasteiger partial charge in [-0.3, -0.25) is 4.79 Å². The number of benzene rings is 4. The largest absolute Gasteiger partial charge is 0.456 e. The topological polar surface area (TPSA) is 33.5 Å². The zero-order valence-electron chi connectivity index (χ0n) is 28.9. The number of aryl methyl sites for hydroxylation is 1. The van der Waals surface area contributed by atoms with Crippen LogP contribution in [0.4, 0.5) is 0 Å². The van der Waals surface area contributed by atoms with Gasteiger partial charge in [0, 0.05) is 18.9 Å². The molecule has 0 fully saturated rings. The average Bonchev–Trinajstić information content (AvgIpc) is 3.55. The highest BCUT2D eigenvalue weighted by Crippen LogP contribution is 2.46. The molecule has 0 bridgehead atoms. The second kappa shape index (κ2) is 13.4. The molecule has 0 spiro atoms. The van der Waals surface area contributed by atoms with E-state index < -0.39 is 0 Å². The quantitative estimate of drug-likeness (QED) is 0.155. The summed E-state index contributed by atoms with van der Waals surface area (Å²) in [6, 6.07) is 40.1. The molecule has 6 rings (SSSR count). The van der Waals surface area contributed by atoms with E-state index in [9.17, 15) is 4.79 Å². The number of carbonyl (C=O) groups excluding carboxylic acids is 1. The Bertz CT molecular complexity index is 1760. The third kappa shape index (κ3) is 7.00. The summed E-state index contributed by atoms with van der Waals surface area (Å²) in [5, 5.41) is 0. The molecule has 1 heterocycles. The van der Waals surface area contributed by atoms with E-state index in [1.54, 1.807) is 0 Å². The summed E-state index contributed by atoms with van der Waals surface area (Å²) in [7, 11) is 0. The predicted molar refractivity (Wildman–Crippen MR) is 193 cm³/mol. The number of hydrogen-bond donors (Lipinski definition) is 0. The van der Waals surface area contributed by atoms with Crippen molar-refractivity contribution in [1.29, 1.82) is 0 Å². The van der Waals surface area contributed by atoms with Crippen LogP contribution in [0.25, 0.3) is 0 Å². The monoisotopic (exact) mass is 623 g/mol. The number of fused-ring (bicyclic) bond motifs is 1. The average molecular weight is 624 g/mol.